The van der Waals surface area contributed by atoms with Crippen molar-refractivity contribution in [3.05, 3.63) is 52.3 Å². The predicted molar refractivity (Wildman–Crippen MR) is 85.2 cm³/mol. The molecule has 0 radical (unpaired) electrons. The highest BCUT2D eigenvalue weighted by Crippen LogP contribution is 2.22. The van der Waals surface area contributed by atoms with Crippen LogP contribution in [0.2, 0.25) is 0 Å². The number of aromatic amines is 1. The SMILES string of the molecule is CN(C)c1ccc(Cc2n[nH]c3ncc(Br)cc23)cc1. The Balaban J connectivity index is 1.91. The van der Waals surface area contributed by atoms with Crippen LogP contribution < -0.4 is 4.90 Å². The third-order valence-electron chi connectivity index (χ3n) is 3.29. The van der Waals surface area contributed by atoms with Crippen LogP contribution >= 0.6 is 15.9 Å². The Hall–Kier alpha value is -1.88. The van der Waals surface area contributed by atoms with Crippen molar-refractivity contribution in [2.24, 2.45) is 0 Å². The number of hydrogen-bond donors (Lipinski definition) is 1. The zero-order chi connectivity index (χ0) is 14.1. The molecule has 3 aromatic rings. The van der Waals surface area contributed by atoms with Crippen LogP contribution in [-0.2, 0) is 6.42 Å². The molecule has 0 fully saturated rings. The van der Waals surface area contributed by atoms with Crippen LogP contribution in [0.15, 0.2) is 41.0 Å². The summed E-state index contributed by atoms with van der Waals surface area (Å²) in [4.78, 5) is 6.40. The lowest BCUT2D eigenvalue weighted by Gasteiger charge is -2.12. The van der Waals surface area contributed by atoms with Gasteiger partial charge in [0.1, 0.15) is 0 Å². The summed E-state index contributed by atoms with van der Waals surface area (Å²) in [5, 5.41) is 8.41. The fraction of sp³-hybridized carbons (Fsp3) is 0.200. The van der Waals surface area contributed by atoms with Crippen molar-refractivity contribution in [1.29, 1.82) is 0 Å². The summed E-state index contributed by atoms with van der Waals surface area (Å²) in [6, 6.07) is 10.6. The number of nitrogens with zero attached hydrogens (tertiary/aromatic N) is 3. The molecule has 0 saturated heterocycles. The Morgan fingerprint density at radius 1 is 1.20 bits per heavy atom. The molecule has 0 saturated carbocycles. The number of anilines is 1. The second-order valence-electron chi connectivity index (χ2n) is 4.96. The van der Waals surface area contributed by atoms with Gasteiger partial charge in [-0.2, -0.15) is 5.10 Å². The molecule has 1 aromatic carbocycles. The average Bonchev–Trinajstić information content (AvgIpc) is 2.82. The van der Waals surface area contributed by atoms with Crippen molar-refractivity contribution in [1.82, 2.24) is 15.2 Å². The van der Waals surface area contributed by atoms with Gasteiger partial charge in [0.15, 0.2) is 5.65 Å². The maximum atomic E-state index is 4.37. The van der Waals surface area contributed by atoms with Crippen LogP contribution in [0.5, 0.6) is 0 Å². The highest BCUT2D eigenvalue weighted by Gasteiger charge is 2.08. The molecular formula is C15H15BrN4. The molecule has 0 amide bonds. The Morgan fingerprint density at radius 3 is 2.65 bits per heavy atom. The third kappa shape index (κ3) is 2.54. The number of aromatic nitrogens is 3. The molecule has 0 aliphatic rings. The van der Waals surface area contributed by atoms with Crippen molar-refractivity contribution in [2.75, 3.05) is 19.0 Å². The minimum absolute atomic E-state index is 0.797. The van der Waals surface area contributed by atoms with Gasteiger partial charge in [-0.25, -0.2) is 4.98 Å². The second kappa shape index (κ2) is 5.25. The van der Waals surface area contributed by atoms with E-state index in [9.17, 15) is 0 Å². The molecule has 2 aromatic heterocycles. The third-order valence-corrected chi connectivity index (χ3v) is 3.72. The van der Waals surface area contributed by atoms with Crippen LogP contribution in [0.4, 0.5) is 5.69 Å². The molecule has 0 aliphatic carbocycles. The monoisotopic (exact) mass is 330 g/mol. The first-order valence-corrected chi connectivity index (χ1v) is 7.17. The topological polar surface area (TPSA) is 44.8 Å². The predicted octanol–water partition coefficient (Wildman–Crippen LogP) is 3.38. The number of halogens is 1. The number of fused-ring (bicyclic) bond motifs is 1. The van der Waals surface area contributed by atoms with Crippen LogP contribution in [0.1, 0.15) is 11.3 Å². The summed E-state index contributed by atoms with van der Waals surface area (Å²) in [5.74, 6) is 0. The van der Waals surface area contributed by atoms with Crippen molar-refractivity contribution >= 4 is 32.7 Å². The lowest BCUT2D eigenvalue weighted by Crippen LogP contribution is -2.08. The summed E-state index contributed by atoms with van der Waals surface area (Å²) in [6.07, 6.45) is 2.57. The van der Waals surface area contributed by atoms with Gasteiger partial charge in [-0.05, 0) is 39.7 Å². The van der Waals surface area contributed by atoms with E-state index in [0.29, 0.717) is 0 Å². The van der Waals surface area contributed by atoms with Gasteiger partial charge in [-0.15, -0.1) is 0 Å². The minimum Gasteiger partial charge on any atom is -0.378 e. The zero-order valence-electron chi connectivity index (χ0n) is 11.4. The molecule has 5 heteroatoms. The number of hydrogen-bond acceptors (Lipinski definition) is 3. The van der Waals surface area contributed by atoms with Gasteiger partial charge in [0.25, 0.3) is 0 Å². The number of H-pyrrole nitrogens is 1. The number of benzene rings is 1. The standard InChI is InChI=1S/C15H15BrN4/c1-20(2)12-5-3-10(4-6-12)7-14-13-8-11(16)9-17-15(13)19-18-14/h3-6,8-9H,7H2,1-2H3,(H,17,18,19). The molecule has 3 rings (SSSR count). The first-order chi connectivity index (χ1) is 9.63. The zero-order valence-corrected chi connectivity index (χ0v) is 13.0. The molecule has 0 aliphatic heterocycles. The van der Waals surface area contributed by atoms with Gasteiger partial charge in [0.2, 0.25) is 0 Å². The van der Waals surface area contributed by atoms with Crippen LogP contribution in [0.3, 0.4) is 0 Å². The van der Waals surface area contributed by atoms with E-state index in [4.69, 9.17) is 0 Å². The summed E-state index contributed by atoms with van der Waals surface area (Å²) in [5.41, 5.74) is 4.29. The summed E-state index contributed by atoms with van der Waals surface area (Å²) >= 11 is 3.45. The lowest BCUT2D eigenvalue weighted by molar-refractivity contribution is 1.00. The van der Waals surface area contributed by atoms with E-state index in [2.05, 4.69) is 66.3 Å². The largest absolute Gasteiger partial charge is 0.378 e. The van der Waals surface area contributed by atoms with Crippen molar-refractivity contribution in [3.8, 4) is 0 Å². The molecular weight excluding hydrogens is 316 g/mol. The van der Waals surface area contributed by atoms with E-state index in [1.165, 1.54) is 11.3 Å². The van der Waals surface area contributed by atoms with E-state index < -0.39 is 0 Å². The Labute approximate surface area is 126 Å². The molecule has 2 heterocycles. The number of nitrogens with one attached hydrogen (secondary N) is 1. The van der Waals surface area contributed by atoms with Crippen LogP contribution in [-0.4, -0.2) is 29.3 Å². The van der Waals surface area contributed by atoms with E-state index in [-0.39, 0.29) is 0 Å². The molecule has 0 spiro atoms. The molecule has 0 bridgehead atoms. The molecule has 20 heavy (non-hydrogen) atoms. The quantitative estimate of drug-likeness (QED) is 0.800. The molecule has 1 N–H and O–H groups in total. The minimum atomic E-state index is 0.797. The fourth-order valence-electron chi connectivity index (χ4n) is 2.17. The van der Waals surface area contributed by atoms with Gasteiger partial charge in [0.05, 0.1) is 5.69 Å². The Bertz CT molecular complexity index is 731. The maximum Gasteiger partial charge on any atom is 0.155 e. The van der Waals surface area contributed by atoms with Crippen molar-refractivity contribution in [2.45, 2.75) is 6.42 Å². The van der Waals surface area contributed by atoms with Gasteiger partial charge in [0, 0.05) is 42.3 Å². The first kappa shape index (κ1) is 13.1. The highest BCUT2D eigenvalue weighted by molar-refractivity contribution is 9.10. The fourth-order valence-corrected chi connectivity index (χ4v) is 2.50. The highest BCUT2D eigenvalue weighted by atomic mass is 79.9. The summed E-state index contributed by atoms with van der Waals surface area (Å²) in [6.45, 7) is 0. The molecule has 0 atom stereocenters. The maximum absolute atomic E-state index is 4.37. The molecule has 4 nitrogen and oxygen atoms in total. The molecule has 0 unspecified atom stereocenters. The summed E-state index contributed by atoms with van der Waals surface area (Å²) in [7, 11) is 4.08. The number of rotatable bonds is 3. The van der Waals surface area contributed by atoms with Crippen LogP contribution in [0.25, 0.3) is 11.0 Å². The van der Waals surface area contributed by atoms with Crippen LogP contribution in [0, 0.1) is 0 Å². The van der Waals surface area contributed by atoms with E-state index in [1.54, 1.807) is 6.20 Å². The second-order valence-corrected chi connectivity index (χ2v) is 5.87. The van der Waals surface area contributed by atoms with Gasteiger partial charge in [-0.3, -0.25) is 5.10 Å². The average molecular weight is 331 g/mol. The van der Waals surface area contributed by atoms with Gasteiger partial charge >= 0.3 is 0 Å². The van der Waals surface area contributed by atoms with Crippen molar-refractivity contribution in [3.63, 3.8) is 0 Å². The summed E-state index contributed by atoms with van der Waals surface area (Å²) < 4.78 is 0.968. The lowest BCUT2D eigenvalue weighted by atomic mass is 10.1. The normalized spacial score (nSPS) is 10.9. The Morgan fingerprint density at radius 2 is 1.95 bits per heavy atom. The smallest absolute Gasteiger partial charge is 0.155 e. The molecule has 102 valence electrons. The van der Waals surface area contributed by atoms with Gasteiger partial charge < -0.3 is 4.90 Å². The van der Waals surface area contributed by atoms with E-state index >= 15 is 0 Å². The van der Waals surface area contributed by atoms with Gasteiger partial charge in [-0.1, -0.05) is 12.1 Å². The number of pyridine rings is 1. The first-order valence-electron chi connectivity index (χ1n) is 6.38. The Kier molecular flexibility index (Phi) is 3.44. The van der Waals surface area contributed by atoms with E-state index in [0.717, 1.165) is 27.6 Å². The van der Waals surface area contributed by atoms with E-state index in [1.807, 2.05) is 14.1 Å². The van der Waals surface area contributed by atoms with Crippen molar-refractivity contribution < 1.29 is 0 Å².